The summed E-state index contributed by atoms with van der Waals surface area (Å²) < 4.78 is 10.4. The Morgan fingerprint density at radius 1 is 1.35 bits per heavy atom. The average molecular weight is 282 g/mol. The minimum absolute atomic E-state index is 0.164. The number of nitrogens with two attached hydrogens (primary N) is 1. The van der Waals surface area contributed by atoms with Crippen molar-refractivity contribution < 1.29 is 9.26 Å². The number of likely N-dealkylation sites (tertiary alicyclic amines) is 1. The standard InChI is InChI=1S/C14H26N4O2/c1-11(10-19-2)8-13-16-14(17-20-13)12(15)9-18-6-4-3-5-7-18/h11-12H,3-10,15H2,1-2H3. The first-order valence-electron chi connectivity index (χ1n) is 7.48. The Labute approximate surface area is 120 Å². The van der Waals surface area contributed by atoms with E-state index in [9.17, 15) is 0 Å². The fourth-order valence-electron chi connectivity index (χ4n) is 2.64. The molecule has 1 aromatic rings. The molecule has 0 aliphatic carbocycles. The van der Waals surface area contributed by atoms with Gasteiger partial charge in [-0.2, -0.15) is 4.98 Å². The van der Waals surface area contributed by atoms with E-state index in [1.54, 1.807) is 7.11 Å². The van der Waals surface area contributed by atoms with Crippen molar-refractivity contribution in [2.45, 2.75) is 38.6 Å². The van der Waals surface area contributed by atoms with Gasteiger partial charge in [-0.05, 0) is 31.8 Å². The van der Waals surface area contributed by atoms with Crippen LogP contribution in [0.4, 0.5) is 0 Å². The van der Waals surface area contributed by atoms with Gasteiger partial charge >= 0.3 is 0 Å². The van der Waals surface area contributed by atoms with Crippen LogP contribution < -0.4 is 5.73 Å². The van der Waals surface area contributed by atoms with Gasteiger partial charge in [-0.15, -0.1) is 0 Å². The Hall–Kier alpha value is -0.980. The van der Waals surface area contributed by atoms with Crippen LogP contribution in [0.3, 0.4) is 0 Å². The van der Waals surface area contributed by atoms with Crippen molar-refractivity contribution in [1.82, 2.24) is 15.0 Å². The minimum atomic E-state index is -0.164. The summed E-state index contributed by atoms with van der Waals surface area (Å²) in [6, 6.07) is -0.164. The Balaban J connectivity index is 1.83. The van der Waals surface area contributed by atoms with Crippen molar-refractivity contribution in [3.05, 3.63) is 11.7 Å². The molecule has 1 aliphatic rings. The van der Waals surface area contributed by atoms with Crippen molar-refractivity contribution in [1.29, 1.82) is 0 Å². The molecule has 1 fully saturated rings. The molecule has 20 heavy (non-hydrogen) atoms. The number of rotatable bonds is 7. The molecule has 2 heterocycles. The van der Waals surface area contributed by atoms with Crippen LogP contribution in [0.1, 0.15) is 43.9 Å². The monoisotopic (exact) mass is 282 g/mol. The second-order valence-corrected chi connectivity index (χ2v) is 5.78. The van der Waals surface area contributed by atoms with Gasteiger partial charge in [-0.1, -0.05) is 18.5 Å². The normalized spacial score (nSPS) is 19.9. The lowest BCUT2D eigenvalue weighted by Gasteiger charge is -2.27. The highest BCUT2D eigenvalue weighted by Crippen LogP contribution is 2.15. The zero-order valence-corrected chi connectivity index (χ0v) is 12.5. The lowest BCUT2D eigenvalue weighted by molar-refractivity contribution is 0.155. The summed E-state index contributed by atoms with van der Waals surface area (Å²) in [6.45, 7) is 5.86. The molecule has 0 radical (unpaired) electrons. The number of nitrogens with zero attached hydrogens (tertiary/aromatic N) is 3. The molecule has 1 aromatic heterocycles. The van der Waals surface area contributed by atoms with E-state index in [2.05, 4.69) is 22.0 Å². The van der Waals surface area contributed by atoms with Gasteiger partial charge in [-0.25, -0.2) is 0 Å². The summed E-state index contributed by atoms with van der Waals surface area (Å²) in [5.74, 6) is 1.64. The number of ether oxygens (including phenoxy) is 1. The summed E-state index contributed by atoms with van der Waals surface area (Å²) >= 11 is 0. The maximum absolute atomic E-state index is 6.18. The molecule has 0 aromatic carbocycles. The number of methoxy groups -OCH3 is 1. The molecule has 0 bridgehead atoms. The second-order valence-electron chi connectivity index (χ2n) is 5.78. The number of aromatic nitrogens is 2. The zero-order chi connectivity index (χ0) is 14.4. The van der Waals surface area contributed by atoms with Crippen LogP contribution in [-0.4, -0.2) is 48.4 Å². The van der Waals surface area contributed by atoms with Crippen molar-refractivity contribution in [3.8, 4) is 0 Å². The number of hydrogen-bond donors (Lipinski definition) is 1. The Morgan fingerprint density at radius 2 is 2.10 bits per heavy atom. The lowest BCUT2D eigenvalue weighted by atomic mass is 10.1. The summed E-state index contributed by atoms with van der Waals surface area (Å²) in [5.41, 5.74) is 6.18. The molecular formula is C14H26N4O2. The topological polar surface area (TPSA) is 77.4 Å². The first-order chi connectivity index (χ1) is 9.69. The Morgan fingerprint density at radius 3 is 2.80 bits per heavy atom. The van der Waals surface area contributed by atoms with Crippen LogP contribution in [-0.2, 0) is 11.2 Å². The van der Waals surface area contributed by atoms with E-state index in [1.807, 2.05) is 0 Å². The molecule has 2 unspecified atom stereocenters. The predicted molar refractivity (Wildman–Crippen MR) is 76.3 cm³/mol. The van der Waals surface area contributed by atoms with E-state index in [-0.39, 0.29) is 6.04 Å². The van der Waals surface area contributed by atoms with Crippen LogP contribution in [0.25, 0.3) is 0 Å². The molecule has 114 valence electrons. The van der Waals surface area contributed by atoms with Crippen LogP contribution in [0.5, 0.6) is 0 Å². The Bertz CT molecular complexity index is 390. The highest BCUT2D eigenvalue weighted by atomic mass is 16.5. The lowest BCUT2D eigenvalue weighted by Crippen LogP contribution is -2.36. The van der Waals surface area contributed by atoms with Gasteiger partial charge in [0.05, 0.1) is 6.04 Å². The largest absolute Gasteiger partial charge is 0.384 e. The number of piperidine rings is 1. The van der Waals surface area contributed by atoms with Crippen LogP contribution in [0, 0.1) is 5.92 Å². The van der Waals surface area contributed by atoms with Gasteiger partial charge in [-0.3, -0.25) is 0 Å². The average Bonchev–Trinajstić information content (AvgIpc) is 2.88. The van der Waals surface area contributed by atoms with Gasteiger partial charge in [0, 0.05) is 26.7 Å². The third-order valence-electron chi connectivity index (χ3n) is 3.69. The maximum Gasteiger partial charge on any atom is 0.227 e. The van der Waals surface area contributed by atoms with Crippen molar-refractivity contribution in [2.75, 3.05) is 33.4 Å². The van der Waals surface area contributed by atoms with E-state index < -0.39 is 0 Å². The predicted octanol–water partition coefficient (Wildman–Crippen LogP) is 1.38. The summed E-state index contributed by atoms with van der Waals surface area (Å²) in [5, 5.41) is 4.02. The third kappa shape index (κ3) is 4.54. The molecule has 1 saturated heterocycles. The molecule has 0 saturated carbocycles. The Kier molecular flexibility index (Phi) is 5.94. The van der Waals surface area contributed by atoms with Crippen LogP contribution >= 0.6 is 0 Å². The van der Waals surface area contributed by atoms with Crippen LogP contribution in [0.15, 0.2) is 4.52 Å². The minimum Gasteiger partial charge on any atom is -0.384 e. The van der Waals surface area contributed by atoms with Crippen molar-refractivity contribution >= 4 is 0 Å². The van der Waals surface area contributed by atoms with Crippen molar-refractivity contribution in [3.63, 3.8) is 0 Å². The summed E-state index contributed by atoms with van der Waals surface area (Å²) in [7, 11) is 1.70. The van der Waals surface area contributed by atoms with Gasteiger partial charge in [0.2, 0.25) is 5.89 Å². The SMILES string of the molecule is COCC(C)Cc1nc(C(N)CN2CCCCC2)no1. The zero-order valence-electron chi connectivity index (χ0n) is 12.5. The molecule has 2 rings (SSSR count). The molecule has 2 atom stereocenters. The highest BCUT2D eigenvalue weighted by Gasteiger charge is 2.19. The first-order valence-corrected chi connectivity index (χ1v) is 7.48. The smallest absolute Gasteiger partial charge is 0.227 e. The van der Waals surface area contributed by atoms with Gasteiger partial charge in [0.15, 0.2) is 5.82 Å². The number of hydrogen-bond acceptors (Lipinski definition) is 6. The quantitative estimate of drug-likeness (QED) is 0.814. The maximum atomic E-state index is 6.18. The molecule has 1 aliphatic heterocycles. The molecule has 2 N–H and O–H groups in total. The fourth-order valence-corrected chi connectivity index (χ4v) is 2.64. The molecule has 0 spiro atoms. The van der Waals surface area contributed by atoms with Crippen molar-refractivity contribution in [2.24, 2.45) is 11.7 Å². The molecule has 6 heteroatoms. The van der Waals surface area contributed by atoms with E-state index in [0.29, 0.717) is 24.2 Å². The van der Waals surface area contributed by atoms with Crippen LogP contribution in [0.2, 0.25) is 0 Å². The molecule has 0 amide bonds. The van der Waals surface area contributed by atoms with E-state index in [1.165, 1.54) is 19.3 Å². The van der Waals surface area contributed by atoms with E-state index in [0.717, 1.165) is 26.1 Å². The molecule has 6 nitrogen and oxygen atoms in total. The third-order valence-corrected chi connectivity index (χ3v) is 3.69. The van der Waals surface area contributed by atoms with E-state index in [4.69, 9.17) is 15.0 Å². The molecular weight excluding hydrogens is 256 g/mol. The van der Waals surface area contributed by atoms with Gasteiger partial charge < -0.3 is 19.9 Å². The fraction of sp³-hybridized carbons (Fsp3) is 0.857. The summed E-state index contributed by atoms with van der Waals surface area (Å²) in [6.07, 6.45) is 4.59. The first kappa shape index (κ1) is 15.4. The van der Waals surface area contributed by atoms with E-state index >= 15 is 0 Å². The highest BCUT2D eigenvalue weighted by molar-refractivity contribution is 4.95. The van der Waals surface area contributed by atoms with Gasteiger partial charge in [0.1, 0.15) is 0 Å². The second kappa shape index (κ2) is 7.71. The van der Waals surface area contributed by atoms with Gasteiger partial charge in [0.25, 0.3) is 0 Å². The summed E-state index contributed by atoms with van der Waals surface area (Å²) in [4.78, 5) is 6.80.